The molecule has 0 bridgehead atoms. The topological polar surface area (TPSA) is 160 Å². The molecule has 0 saturated heterocycles. The van der Waals surface area contributed by atoms with Gasteiger partial charge < -0.3 is 9.13 Å². The third-order valence-electron chi connectivity index (χ3n) is 10.5. The van der Waals surface area contributed by atoms with Gasteiger partial charge in [-0.05, 0) is 58.0 Å². The lowest BCUT2D eigenvalue weighted by atomic mass is 10.0. The zero-order valence-electron chi connectivity index (χ0n) is 30.7. The van der Waals surface area contributed by atoms with Gasteiger partial charge in [0, 0.05) is 75.5 Å². The van der Waals surface area contributed by atoms with Crippen molar-refractivity contribution in [2.24, 2.45) is 14.1 Å². The third-order valence-corrected chi connectivity index (χ3v) is 10.5. The minimum atomic E-state index is 0.624. The Balaban J connectivity index is 0.965. The second-order valence-corrected chi connectivity index (χ2v) is 13.9. The fourth-order valence-corrected chi connectivity index (χ4v) is 7.58. The van der Waals surface area contributed by atoms with Crippen LogP contribution in [0.25, 0.3) is 66.6 Å². The lowest BCUT2D eigenvalue weighted by Gasteiger charge is -2.11. The minimum absolute atomic E-state index is 0.624. The van der Waals surface area contributed by atoms with Gasteiger partial charge in [-0.15, -0.1) is 0 Å². The molecule has 0 aliphatic rings. The number of imidazole rings is 2. The Morgan fingerprint density at radius 3 is 1.89 bits per heavy atom. The average molecular weight is 714 g/mol. The van der Waals surface area contributed by atoms with Crippen LogP contribution in [0.15, 0.2) is 55.1 Å². The van der Waals surface area contributed by atoms with E-state index < -0.39 is 0 Å². The molecule has 0 aliphatic heterocycles. The van der Waals surface area contributed by atoms with Gasteiger partial charge in [0.15, 0.2) is 22.9 Å². The molecule has 0 unspecified atom stereocenters. The van der Waals surface area contributed by atoms with Crippen molar-refractivity contribution in [3.63, 3.8) is 0 Å². The van der Waals surface area contributed by atoms with E-state index in [0.717, 1.165) is 113 Å². The van der Waals surface area contributed by atoms with E-state index in [-0.39, 0.29) is 0 Å². The highest BCUT2D eigenvalue weighted by atomic mass is 15.3. The highest BCUT2D eigenvalue weighted by Gasteiger charge is 2.20. The first-order chi connectivity index (χ1) is 26.2. The Morgan fingerprint density at radius 1 is 0.537 bits per heavy atom. The smallest absolute Gasteiger partial charge is 0.177 e. The predicted molar refractivity (Wildman–Crippen MR) is 204 cm³/mol. The van der Waals surface area contributed by atoms with Gasteiger partial charge >= 0.3 is 0 Å². The summed E-state index contributed by atoms with van der Waals surface area (Å²) in [6.45, 7) is 7.97. The van der Waals surface area contributed by atoms with Crippen molar-refractivity contribution in [1.82, 2.24) is 73.2 Å². The van der Waals surface area contributed by atoms with Crippen LogP contribution in [0.5, 0.6) is 0 Å². The quantitative estimate of drug-likeness (QED) is 0.211. The molecule has 54 heavy (non-hydrogen) atoms. The van der Waals surface area contributed by atoms with E-state index in [1.807, 2.05) is 81.4 Å². The van der Waals surface area contributed by atoms with Crippen molar-refractivity contribution >= 4 is 55.3 Å². The maximum absolute atomic E-state index is 5.12. The van der Waals surface area contributed by atoms with Crippen LogP contribution >= 0.6 is 0 Å². The molecular weight excluding hydrogens is 679 g/mol. The summed E-state index contributed by atoms with van der Waals surface area (Å²) in [6.07, 6.45) is 9.70. The Kier molecular flexibility index (Phi) is 7.02. The molecule has 0 saturated carbocycles. The Bertz CT molecular complexity index is 3110. The van der Waals surface area contributed by atoms with Crippen LogP contribution in [0.3, 0.4) is 0 Å². The fraction of sp³-hybridized carbons (Fsp3) is 0.256. The number of hydrogen-bond acceptors (Lipinski definition) is 11. The largest absolute Gasteiger partial charge is 0.331 e. The molecule has 0 amide bonds. The molecule has 2 aromatic carbocycles. The SMILES string of the molecule is Cc1ncc(C)n2nc(CCc3nc4c5nccc(-c6nc(C)c7nc(CCc8nc9c%10nccnc%10ccc9n8C)nn7c6C)c5ccc4n3C)nc12. The first-order valence-electron chi connectivity index (χ1n) is 17.9. The molecule has 8 aromatic heterocycles. The Hall–Kier alpha value is -6.77. The van der Waals surface area contributed by atoms with Gasteiger partial charge in [-0.1, -0.05) is 0 Å². The molecule has 10 aromatic rings. The van der Waals surface area contributed by atoms with E-state index in [9.17, 15) is 0 Å². The number of benzene rings is 2. The van der Waals surface area contributed by atoms with E-state index >= 15 is 0 Å². The summed E-state index contributed by atoms with van der Waals surface area (Å²) in [6, 6.07) is 10.3. The van der Waals surface area contributed by atoms with Gasteiger partial charge in [-0.25, -0.2) is 34.0 Å². The van der Waals surface area contributed by atoms with Crippen molar-refractivity contribution in [2.75, 3.05) is 0 Å². The van der Waals surface area contributed by atoms with Crippen molar-refractivity contribution in [3.05, 3.63) is 101 Å². The molecule has 0 atom stereocenters. The Labute approximate surface area is 307 Å². The number of nitrogens with zero attached hydrogens (tertiary/aromatic N) is 15. The molecule has 8 heterocycles. The number of aryl methyl sites for hydroxylation is 10. The zero-order chi connectivity index (χ0) is 36.8. The highest BCUT2D eigenvalue weighted by molar-refractivity contribution is 6.07. The van der Waals surface area contributed by atoms with Gasteiger partial charge in [0.2, 0.25) is 0 Å². The van der Waals surface area contributed by atoms with Crippen molar-refractivity contribution < 1.29 is 0 Å². The predicted octanol–water partition coefficient (Wildman–Crippen LogP) is 5.30. The van der Waals surface area contributed by atoms with Crippen LogP contribution in [-0.4, -0.2) is 73.2 Å². The minimum Gasteiger partial charge on any atom is -0.331 e. The normalized spacial score (nSPS) is 12.2. The summed E-state index contributed by atoms with van der Waals surface area (Å²) in [5.74, 6) is 3.39. The summed E-state index contributed by atoms with van der Waals surface area (Å²) in [5.41, 5.74) is 13.1. The summed E-state index contributed by atoms with van der Waals surface area (Å²) >= 11 is 0. The van der Waals surface area contributed by atoms with Gasteiger partial charge in [0.1, 0.15) is 28.2 Å². The van der Waals surface area contributed by atoms with E-state index in [0.29, 0.717) is 25.7 Å². The van der Waals surface area contributed by atoms with Gasteiger partial charge in [-0.3, -0.25) is 19.9 Å². The third kappa shape index (κ3) is 4.84. The van der Waals surface area contributed by atoms with Gasteiger partial charge in [0.05, 0.1) is 50.5 Å². The zero-order valence-corrected chi connectivity index (χ0v) is 30.7. The maximum Gasteiger partial charge on any atom is 0.177 e. The van der Waals surface area contributed by atoms with Crippen LogP contribution in [0, 0.1) is 27.7 Å². The molecule has 266 valence electrons. The van der Waals surface area contributed by atoms with E-state index in [1.165, 1.54) is 0 Å². The molecule has 15 heteroatoms. The monoisotopic (exact) mass is 713 g/mol. The number of fused-ring (bicyclic) bond motifs is 8. The van der Waals surface area contributed by atoms with E-state index in [4.69, 9.17) is 40.1 Å². The lowest BCUT2D eigenvalue weighted by molar-refractivity contribution is 0.752. The molecule has 0 spiro atoms. The fourth-order valence-electron chi connectivity index (χ4n) is 7.58. The van der Waals surface area contributed by atoms with Crippen LogP contribution in [0.4, 0.5) is 0 Å². The summed E-state index contributed by atoms with van der Waals surface area (Å²) < 4.78 is 8.03. The molecule has 0 N–H and O–H groups in total. The number of aromatic nitrogens is 15. The molecule has 0 aliphatic carbocycles. The first-order valence-corrected chi connectivity index (χ1v) is 17.9. The average Bonchev–Trinajstić information content (AvgIpc) is 3.97. The van der Waals surface area contributed by atoms with Crippen LogP contribution < -0.4 is 0 Å². The van der Waals surface area contributed by atoms with Crippen LogP contribution in [0.1, 0.15) is 46.1 Å². The van der Waals surface area contributed by atoms with Gasteiger partial charge in [-0.2, -0.15) is 10.2 Å². The Morgan fingerprint density at radius 2 is 1.17 bits per heavy atom. The lowest BCUT2D eigenvalue weighted by Crippen LogP contribution is -2.04. The second-order valence-electron chi connectivity index (χ2n) is 13.9. The molecule has 0 fully saturated rings. The number of hydrogen-bond donors (Lipinski definition) is 0. The van der Waals surface area contributed by atoms with Crippen molar-refractivity contribution in [2.45, 2.75) is 53.4 Å². The summed E-state index contributed by atoms with van der Waals surface area (Å²) in [4.78, 5) is 43.1. The van der Waals surface area contributed by atoms with Crippen molar-refractivity contribution in [3.8, 4) is 11.3 Å². The molecule has 0 radical (unpaired) electrons. The van der Waals surface area contributed by atoms with Crippen LogP contribution in [-0.2, 0) is 39.8 Å². The number of pyridine rings is 1. The van der Waals surface area contributed by atoms with Crippen molar-refractivity contribution in [1.29, 1.82) is 0 Å². The second kappa shape index (κ2) is 11.9. The number of rotatable bonds is 7. The van der Waals surface area contributed by atoms with E-state index in [1.54, 1.807) is 12.4 Å². The molecular formula is C39H35N15. The van der Waals surface area contributed by atoms with Crippen LogP contribution in [0.2, 0.25) is 0 Å². The summed E-state index contributed by atoms with van der Waals surface area (Å²) in [5, 5.41) is 10.7. The highest BCUT2D eigenvalue weighted by Crippen LogP contribution is 2.33. The van der Waals surface area contributed by atoms with Gasteiger partial charge in [0.25, 0.3) is 0 Å². The standard InChI is InChI=1S/C39H35N15/c1-20-19-43-21(2)38-45-29(49-53(20)38)11-13-31-47-36-27(51(31)5)9-7-24-25(15-16-41-34(24)36)33-23(4)54-39(22(3)44-33)46-30(50-54)12-14-32-48-37-28(52(32)6)10-8-26-35(37)42-18-17-40-26/h7-10,15-19H,11-14H2,1-6H3. The molecule has 15 nitrogen and oxygen atoms in total. The molecule has 10 rings (SSSR count). The van der Waals surface area contributed by atoms with E-state index in [2.05, 4.69) is 36.2 Å². The first kappa shape index (κ1) is 31.9. The summed E-state index contributed by atoms with van der Waals surface area (Å²) in [7, 11) is 4.08. The maximum atomic E-state index is 5.12.